The third-order valence-corrected chi connectivity index (χ3v) is 14.1. The lowest BCUT2D eigenvalue weighted by atomic mass is 9.63. The van der Waals surface area contributed by atoms with Crippen LogP contribution in [0.15, 0.2) is 48.5 Å². The summed E-state index contributed by atoms with van der Waals surface area (Å²) in [4.78, 5) is 48.5. The fourth-order valence-electron chi connectivity index (χ4n) is 10.2. The number of carbonyl (C=O) groups is 2. The summed E-state index contributed by atoms with van der Waals surface area (Å²) >= 11 is 0. The number of nitrogens with zero attached hydrogens (tertiary/aromatic N) is 4. The lowest BCUT2D eigenvalue weighted by Gasteiger charge is -2.39. The summed E-state index contributed by atoms with van der Waals surface area (Å²) in [6.07, 6.45) is 6.03. The molecule has 0 radical (unpaired) electrons. The Labute approximate surface area is 277 Å². The number of rotatable bonds is 8. The fourth-order valence-corrected chi connectivity index (χ4v) is 10.2. The fraction of sp³-hybridized carbons (Fsp3) is 0.538. The van der Waals surface area contributed by atoms with E-state index in [1.54, 1.807) is 0 Å². The average Bonchev–Trinajstić information content (AvgIpc) is 3.53. The molecule has 0 aliphatic heterocycles. The van der Waals surface area contributed by atoms with Crippen LogP contribution in [0.4, 0.5) is 0 Å². The maximum Gasteiger partial charge on any atom is 0.232 e. The molecular formula is C39H46N6O2. The van der Waals surface area contributed by atoms with Crippen molar-refractivity contribution in [3.63, 3.8) is 0 Å². The summed E-state index contributed by atoms with van der Waals surface area (Å²) in [6, 6.07) is 15.9. The Kier molecular flexibility index (Phi) is 6.34. The molecule has 8 nitrogen and oxygen atoms in total. The van der Waals surface area contributed by atoms with Crippen LogP contribution in [0.2, 0.25) is 0 Å². The molecular weight excluding hydrogens is 584 g/mol. The van der Waals surface area contributed by atoms with E-state index in [1.807, 2.05) is 48.5 Å². The third-order valence-electron chi connectivity index (χ3n) is 14.1. The van der Waals surface area contributed by atoms with Crippen molar-refractivity contribution < 1.29 is 9.59 Å². The number of para-hydroxylation sites is 4. The quantitative estimate of drug-likeness (QED) is 0.220. The molecule has 4 aromatic rings. The van der Waals surface area contributed by atoms with Gasteiger partial charge in [0.2, 0.25) is 11.8 Å². The Balaban J connectivity index is 0.911. The molecule has 4 aliphatic rings. The number of fused-ring (bicyclic) bond motifs is 12. The Morgan fingerprint density at radius 1 is 0.532 bits per heavy atom. The van der Waals surface area contributed by atoms with Crippen LogP contribution in [0.5, 0.6) is 0 Å². The van der Waals surface area contributed by atoms with Gasteiger partial charge in [-0.25, -0.2) is 19.9 Å². The number of nitrogens with one attached hydrogen (secondary N) is 2. The van der Waals surface area contributed by atoms with Crippen LogP contribution in [0.25, 0.3) is 22.1 Å². The number of carbonyl (C=O) groups excluding carboxylic acids is 2. The van der Waals surface area contributed by atoms with Gasteiger partial charge in [-0.05, 0) is 80.0 Å². The number of amides is 2. The summed E-state index contributed by atoms with van der Waals surface area (Å²) in [5.41, 5.74) is 4.84. The second kappa shape index (κ2) is 9.80. The molecule has 8 rings (SSSR count). The SMILES string of the molecule is CC12CCC(C(=O)NCCCCCNC(=O)C34CCC(C)(c5nc6ccccc6nc53)C4(C)C)(c3nc4ccccc4nc31)C2(C)C. The Morgan fingerprint density at radius 3 is 1.23 bits per heavy atom. The van der Waals surface area contributed by atoms with Crippen molar-refractivity contribution in [3.05, 3.63) is 71.3 Å². The normalized spacial score (nSPS) is 30.4. The molecule has 2 amide bonds. The maximum atomic E-state index is 14.1. The van der Waals surface area contributed by atoms with Crippen molar-refractivity contribution in [2.24, 2.45) is 10.8 Å². The zero-order valence-electron chi connectivity index (χ0n) is 28.6. The molecule has 2 saturated carbocycles. The van der Waals surface area contributed by atoms with Gasteiger partial charge in [-0.2, -0.15) is 0 Å². The molecule has 2 aromatic carbocycles. The molecule has 4 unspecified atom stereocenters. The zero-order valence-corrected chi connectivity index (χ0v) is 28.6. The van der Waals surface area contributed by atoms with Gasteiger partial charge in [0.1, 0.15) is 0 Å². The minimum atomic E-state index is -0.685. The van der Waals surface area contributed by atoms with Gasteiger partial charge < -0.3 is 10.6 Å². The number of aromatic nitrogens is 4. The minimum Gasteiger partial charge on any atom is -0.355 e. The first-order chi connectivity index (χ1) is 22.3. The predicted molar refractivity (Wildman–Crippen MR) is 183 cm³/mol. The Hall–Kier alpha value is -3.94. The predicted octanol–water partition coefficient (Wildman–Crippen LogP) is 6.33. The summed E-state index contributed by atoms with van der Waals surface area (Å²) in [5, 5.41) is 6.60. The molecule has 47 heavy (non-hydrogen) atoms. The van der Waals surface area contributed by atoms with Crippen molar-refractivity contribution >= 4 is 33.9 Å². The summed E-state index contributed by atoms with van der Waals surface area (Å²) in [7, 11) is 0. The van der Waals surface area contributed by atoms with Crippen LogP contribution in [0.3, 0.4) is 0 Å². The highest BCUT2D eigenvalue weighted by molar-refractivity contribution is 5.94. The third kappa shape index (κ3) is 3.54. The van der Waals surface area contributed by atoms with Gasteiger partial charge in [0.05, 0.1) is 55.7 Å². The Morgan fingerprint density at radius 2 is 0.872 bits per heavy atom. The molecule has 0 spiro atoms. The molecule has 2 N–H and O–H groups in total. The smallest absolute Gasteiger partial charge is 0.232 e. The minimum absolute atomic E-state index is 0.0713. The van der Waals surface area contributed by atoms with Crippen LogP contribution in [0, 0.1) is 10.8 Å². The second-order valence-corrected chi connectivity index (χ2v) is 16.1. The molecule has 4 aliphatic carbocycles. The highest BCUT2D eigenvalue weighted by Gasteiger charge is 2.74. The van der Waals surface area contributed by atoms with Crippen molar-refractivity contribution in [1.82, 2.24) is 30.6 Å². The molecule has 244 valence electrons. The molecule has 2 aromatic heterocycles. The van der Waals surface area contributed by atoms with Crippen molar-refractivity contribution in [3.8, 4) is 0 Å². The van der Waals surface area contributed by atoms with E-state index >= 15 is 0 Å². The van der Waals surface area contributed by atoms with Gasteiger partial charge in [0.25, 0.3) is 0 Å². The summed E-state index contributed by atoms with van der Waals surface area (Å²) < 4.78 is 0. The van der Waals surface area contributed by atoms with E-state index in [2.05, 4.69) is 52.2 Å². The highest BCUT2D eigenvalue weighted by atomic mass is 16.2. The van der Waals surface area contributed by atoms with Gasteiger partial charge in [0, 0.05) is 23.9 Å². The molecule has 0 saturated heterocycles. The lowest BCUT2D eigenvalue weighted by Crippen LogP contribution is -2.51. The van der Waals surface area contributed by atoms with Crippen LogP contribution >= 0.6 is 0 Å². The first-order valence-electron chi connectivity index (χ1n) is 17.5. The Bertz CT molecular complexity index is 1850. The first kappa shape index (κ1) is 30.4. The van der Waals surface area contributed by atoms with E-state index in [9.17, 15) is 9.59 Å². The first-order valence-corrected chi connectivity index (χ1v) is 17.5. The zero-order chi connectivity index (χ0) is 33.0. The lowest BCUT2D eigenvalue weighted by molar-refractivity contribution is -0.131. The monoisotopic (exact) mass is 630 g/mol. The van der Waals surface area contributed by atoms with Gasteiger partial charge >= 0.3 is 0 Å². The maximum absolute atomic E-state index is 14.1. The van der Waals surface area contributed by atoms with Crippen LogP contribution in [-0.2, 0) is 31.2 Å². The van der Waals surface area contributed by atoms with E-state index in [1.165, 1.54) is 0 Å². The number of unbranched alkanes of at least 4 members (excludes halogenated alkanes) is 2. The van der Waals surface area contributed by atoms with Gasteiger partial charge in [-0.15, -0.1) is 0 Å². The molecule has 4 bridgehead atoms. The topological polar surface area (TPSA) is 110 Å². The van der Waals surface area contributed by atoms with Crippen LogP contribution < -0.4 is 10.6 Å². The van der Waals surface area contributed by atoms with E-state index in [4.69, 9.17) is 19.9 Å². The van der Waals surface area contributed by atoms with Gasteiger partial charge in [-0.1, -0.05) is 65.8 Å². The van der Waals surface area contributed by atoms with E-state index in [0.717, 1.165) is 89.8 Å². The molecule has 2 fully saturated rings. The molecule has 8 heteroatoms. The standard InChI is InChI=1S/C39H46N6O2/c1-34(2)36(5)18-20-38(34,30-28(36)42-24-14-8-10-16-26(24)44-30)32(46)40-22-12-7-13-23-41-33(47)39-21-19-37(6,35(39,3)4)29-31(39)45-27-17-11-9-15-25(27)43-29/h8-11,14-17H,7,12-13,18-23H2,1-6H3,(H,40,46)(H,41,47). The van der Waals surface area contributed by atoms with E-state index < -0.39 is 10.8 Å². The number of hydrogen-bond acceptors (Lipinski definition) is 6. The summed E-state index contributed by atoms with van der Waals surface area (Å²) in [5.74, 6) is 0.143. The van der Waals surface area contributed by atoms with E-state index in [-0.39, 0.29) is 33.5 Å². The number of benzene rings is 2. The highest BCUT2D eigenvalue weighted by Crippen LogP contribution is 2.71. The summed E-state index contributed by atoms with van der Waals surface area (Å²) in [6.45, 7) is 14.6. The van der Waals surface area contributed by atoms with E-state index in [0.29, 0.717) is 13.1 Å². The van der Waals surface area contributed by atoms with Gasteiger partial charge in [-0.3, -0.25) is 9.59 Å². The average molecular weight is 631 g/mol. The van der Waals surface area contributed by atoms with Crippen molar-refractivity contribution in [1.29, 1.82) is 0 Å². The van der Waals surface area contributed by atoms with Gasteiger partial charge in [0.15, 0.2) is 0 Å². The van der Waals surface area contributed by atoms with Crippen LogP contribution in [-0.4, -0.2) is 44.8 Å². The largest absolute Gasteiger partial charge is 0.355 e. The van der Waals surface area contributed by atoms with Crippen molar-refractivity contribution in [2.45, 2.75) is 108 Å². The van der Waals surface area contributed by atoms with Crippen molar-refractivity contribution in [2.75, 3.05) is 13.1 Å². The molecule has 2 heterocycles. The number of hydrogen-bond donors (Lipinski definition) is 2. The second-order valence-electron chi connectivity index (χ2n) is 16.1. The van der Waals surface area contributed by atoms with Crippen LogP contribution in [0.1, 0.15) is 109 Å². The molecule has 4 atom stereocenters.